The molecule has 0 bridgehead atoms. The van der Waals surface area contributed by atoms with Gasteiger partial charge in [-0.05, 0) is 92.1 Å². The van der Waals surface area contributed by atoms with Gasteiger partial charge in [-0.1, -0.05) is 60.5 Å². The molecule has 1 amide bonds. The zero-order valence-corrected chi connectivity index (χ0v) is 35.3. The summed E-state index contributed by atoms with van der Waals surface area (Å²) in [6.07, 6.45) is 2.08. The number of halogens is 2. The smallest absolute Gasteiger partial charge is 0.410 e. The molecule has 2 aromatic heterocycles. The van der Waals surface area contributed by atoms with Crippen LogP contribution in [0.25, 0.3) is 32.9 Å². The number of methoxy groups -OCH3 is 1. The second-order valence-corrected chi connectivity index (χ2v) is 23.4. The van der Waals surface area contributed by atoms with Crippen LogP contribution in [0.2, 0.25) is 16.6 Å². The summed E-state index contributed by atoms with van der Waals surface area (Å²) in [5, 5.41) is 7.13. The van der Waals surface area contributed by atoms with Crippen LogP contribution in [0.5, 0.6) is 5.75 Å². The molecular formula is C44H56F2N4O4Si. The van der Waals surface area contributed by atoms with E-state index in [0.29, 0.717) is 63.7 Å². The molecule has 2 aliphatic carbocycles. The van der Waals surface area contributed by atoms with E-state index in [9.17, 15) is 4.79 Å². The number of amides is 1. The van der Waals surface area contributed by atoms with E-state index in [4.69, 9.17) is 24.3 Å². The number of nitrogens with zero attached hydrogens (tertiary/aromatic N) is 4. The third kappa shape index (κ3) is 6.92. The van der Waals surface area contributed by atoms with Crippen molar-refractivity contribution in [2.75, 3.05) is 27.0 Å². The van der Waals surface area contributed by atoms with Crippen molar-refractivity contribution < 1.29 is 27.8 Å². The molecule has 3 atom stereocenters. The molecule has 11 heteroatoms. The Labute approximate surface area is 325 Å². The van der Waals surface area contributed by atoms with Crippen LogP contribution in [0.15, 0.2) is 24.3 Å². The molecule has 0 N–H and O–H groups in total. The summed E-state index contributed by atoms with van der Waals surface area (Å²) in [5.41, 5.74) is 7.05. The van der Waals surface area contributed by atoms with Crippen molar-refractivity contribution in [1.29, 1.82) is 0 Å². The minimum Gasteiger partial charge on any atom is -0.468 e. The molecule has 3 aliphatic rings. The first-order valence-electron chi connectivity index (χ1n) is 20.0. The molecule has 55 heavy (non-hydrogen) atoms. The largest absolute Gasteiger partial charge is 0.468 e. The number of aryl methyl sites for hydroxylation is 1. The molecule has 8 nitrogen and oxygen atoms in total. The van der Waals surface area contributed by atoms with Gasteiger partial charge in [-0.2, -0.15) is 5.10 Å². The van der Waals surface area contributed by atoms with Gasteiger partial charge in [0.1, 0.15) is 36.5 Å². The third-order valence-corrected chi connectivity index (χ3v) is 18.5. The van der Waals surface area contributed by atoms with E-state index in [1.165, 1.54) is 6.07 Å². The first-order valence-corrected chi connectivity index (χ1v) is 22.2. The van der Waals surface area contributed by atoms with E-state index in [0.717, 1.165) is 29.6 Å². The fraction of sp³-hybridized carbons (Fsp3) is 0.568. The van der Waals surface area contributed by atoms with E-state index < -0.39 is 25.3 Å². The van der Waals surface area contributed by atoms with Gasteiger partial charge in [-0.15, -0.1) is 5.54 Å². The van der Waals surface area contributed by atoms with Crippen LogP contribution in [-0.2, 0) is 15.9 Å². The Morgan fingerprint density at radius 1 is 1.00 bits per heavy atom. The zero-order valence-electron chi connectivity index (χ0n) is 34.3. The lowest BCUT2D eigenvalue weighted by Gasteiger charge is -2.38. The lowest BCUT2D eigenvalue weighted by Crippen LogP contribution is -2.43. The topological polar surface area (TPSA) is 78.7 Å². The number of pyridine rings is 1. The number of ether oxygens (including phenoxy) is 3. The highest BCUT2D eigenvalue weighted by Crippen LogP contribution is 2.60. The van der Waals surface area contributed by atoms with E-state index in [1.54, 1.807) is 24.1 Å². The van der Waals surface area contributed by atoms with Crippen LogP contribution in [-0.4, -0.2) is 66.4 Å². The number of piperidine rings is 1. The molecule has 294 valence electrons. The Morgan fingerprint density at radius 2 is 1.65 bits per heavy atom. The quantitative estimate of drug-likeness (QED) is 0.0908. The molecular weight excluding hydrogens is 715 g/mol. The molecule has 1 saturated heterocycles. The lowest BCUT2D eigenvalue weighted by atomic mass is 9.95. The Balaban J connectivity index is 1.41. The van der Waals surface area contributed by atoms with E-state index in [2.05, 4.69) is 53.0 Å². The number of rotatable bonds is 10. The fourth-order valence-electron chi connectivity index (χ4n) is 9.49. The Hall–Kier alpha value is -4.01. The van der Waals surface area contributed by atoms with Gasteiger partial charge in [0, 0.05) is 42.5 Å². The van der Waals surface area contributed by atoms with Crippen LogP contribution < -0.4 is 4.74 Å². The molecule has 3 fully saturated rings. The minimum absolute atomic E-state index is 0.00780. The second kappa shape index (κ2) is 14.5. The number of benzene rings is 2. The maximum Gasteiger partial charge on any atom is 0.410 e. The SMILES string of the molecule is CCc1nc(-c2cc(OCOC)cc3ccc(F)c(C#C[Si](C(C)C)(C(C)C)C(C)C)c23)c(F)c2c1c(C1[C@H]3CN(C(=O)OC(C)(C)C)C[C@@H]13)nn2C1CC1. The molecule has 7 rings (SSSR count). The number of likely N-dealkylation sites (tertiary alicyclic amines) is 1. The average Bonchev–Trinajstić information content (AvgIpc) is 3.99. The maximum absolute atomic E-state index is 17.7. The normalized spacial score (nSPS) is 19.8. The molecule has 0 spiro atoms. The van der Waals surface area contributed by atoms with Crippen LogP contribution in [0.3, 0.4) is 0 Å². The molecule has 2 saturated carbocycles. The number of carbonyl (C=O) groups excluding carboxylic acids is 1. The van der Waals surface area contributed by atoms with E-state index in [1.807, 2.05) is 38.4 Å². The molecule has 2 aromatic carbocycles. The predicted molar refractivity (Wildman–Crippen MR) is 216 cm³/mol. The van der Waals surface area contributed by atoms with Crippen LogP contribution >= 0.6 is 0 Å². The van der Waals surface area contributed by atoms with Gasteiger partial charge in [0.25, 0.3) is 0 Å². The summed E-state index contributed by atoms with van der Waals surface area (Å²) in [6.45, 7) is 22.2. The van der Waals surface area contributed by atoms with Gasteiger partial charge < -0.3 is 19.1 Å². The molecule has 1 aliphatic heterocycles. The zero-order chi connectivity index (χ0) is 39.7. The summed E-state index contributed by atoms with van der Waals surface area (Å²) in [7, 11) is -0.710. The highest BCUT2D eigenvalue weighted by molar-refractivity contribution is 6.90. The maximum atomic E-state index is 17.7. The van der Waals surface area contributed by atoms with Gasteiger partial charge in [-0.25, -0.2) is 18.6 Å². The van der Waals surface area contributed by atoms with Gasteiger partial charge in [0.05, 0.1) is 23.0 Å². The van der Waals surface area contributed by atoms with Crippen molar-refractivity contribution in [2.24, 2.45) is 11.8 Å². The van der Waals surface area contributed by atoms with Crippen LogP contribution in [0, 0.1) is 34.9 Å². The van der Waals surface area contributed by atoms with Crippen molar-refractivity contribution in [2.45, 2.75) is 123 Å². The summed E-state index contributed by atoms with van der Waals surface area (Å²) in [6, 6.07) is 6.81. The van der Waals surface area contributed by atoms with Gasteiger partial charge in [-0.3, -0.25) is 4.68 Å². The fourth-order valence-corrected chi connectivity index (χ4v) is 14.7. The first-order chi connectivity index (χ1) is 26.0. The second-order valence-electron chi connectivity index (χ2n) is 17.8. The first kappa shape index (κ1) is 39.2. The van der Waals surface area contributed by atoms with Crippen molar-refractivity contribution in [3.8, 4) is 28.5 Å². The molecule has 0 radical (unpaired) electrons. The lowest BCUT2D eigenvalue weighted by molar-refractivity contribution is 0.0270. The van der Waals surface area contributed by atoms with E-state index in [-0.39, 0.29) is 47.9 Å². The number of aromatic nitrogens is 3. The van der Waals surface area contributed by atoms with Crippen LogP contribution in [0.4, 0.5) is 13.6 Å². The Morgan fingerprint density at radius 3 is 2.22 bits per heavy atom. The van der Waals surface area contributed by atoms with Crippen molar-refractivity contribution in [1.82, 2.24) is 19.7 Å². The molecule has 3 heterocycles. The highest BCUT2D eigenvalue weighted by Gasteiger charge is 2.59. The summed E-state index contributed by atoms with van der Waals surface area (Å²) >= 11 is 0. The number of carbonyl (C=O) groups is 1. The predicted octanol–water partition coefficient (Wildman–Crippen LogP) is 10.6. The Kier molecular flexibility index (Phi) is 10.3. The minimum atomic E-state index is -2.25. The standard InChI is InChI=1S/C44H56F2N4O4Si/c1-12-35-38-41(37-32-21-49(22-33(32)37)43(51)54-44(8,9)10)48-50(28-14-15-28)42(38)39(46)40(47-35)31-20-29(53-23-52-11)19-27-13-16-34(45)30(36(27)31)17-18-55(24(2)3,25(4)5)26(6)7/h13,16,19-20,24-26,28,32-33,37H,12,14-15,21-23H2,1-11H3/t32-,33+,37?. The van der Waals surface area contributed by atoms with Crippen molar-refractivity contribution in [3.05, 3.63) is 52.9 Å². The molecule has 4 aromatic rings. The van der Waals surface area contributed by atoms with Gasteiger partial charge >= 0.3 is 6.09 Å². The average molecular weight is 771 g/mol. The Bertz CT molecular complexity index is 2180. The third-order valence-electron chi connectivity index (χ3n) is 12.2. The van der Waals surface area contributed by atoms with E-state index >= 15 is 8.78 Å². The summed E-state index contributed by atoms with van der Waals surface area (Å²) < 4.78 is 52.6. The monoisotopic (exact) mass is 770 g/mol. The number of hydrogen-bond acceptors (Lipinski definition) is 6. The number of hydrogen-bond donors (Lipinski definition) is 0. The van der Waals surface area contributed by atoms with Crippen molar-refractivity contribution >= 4 is 35.8 Å². The highest BCUT2D eigenvalue weighted by atomic mass is 28.3. The van der Waals surface area contributed by atoms with Gasteiger partial charge in [0.15, 0.2) is 12.6 Å². The van der Waals surface area contributed by atoms with Crippen LogP contribution in [0.1, 0.15) is 111 Å². The van der Waals surface area contributed by atoms with Crippen molar-refractivity contribution in [3.63, 3.8) is 0 Å². The summed E-state index contributed by atoms with van der Waals surface area (Å²) in [4.78, 5) is 19.8. The van der Waals surface area contributed by atoms with Gasteiger partial charge in [0.2, 0.25) is 0 Å². The molecule has 1 unspecified atom stereocenters. The number of fused-ring (bicyclic) bond motifs is 3. The summed E-state index contributed by atoms with van der Waals surface area (Å²) in [5.74, 6) is 3.47.